The highest BCUT2D eigenvalue weighted by Crippen LogP contribution is 2.31. The maximum atomic E-state index is 5.81. The van der Waals surface area contributed by atoms with Gasteiger partial charge in [0.25, 0.3) is 0 Å². The Labute approximate surface area is 177 Å². The Bertz CT molecular complexity index is 933. The minimum atomic E-state index is -0.116. The average molecular weight is 407 g/mol. The lowest BCUT2D eigenvalue weighted by molar-refractivity contribution is 0.310. The van der Waals surface area contributed by atoms with Gasteiger partial charge in [0, 0.05) is 13.1 Å². The number of nitrogens with zero attached hydrogens (tertiary/aromatic N) is 4. The lowest BCUT2D eigenvalue weighted by atomic mass is 9.95. The maximum absolute atomic E-state index is 5.81. The molecule has 1 aromatic heterocycles. The van der Waals surface area contributed by atoms with Crippen LogP contribution in [0.2, 0.25) is 0 Å². The Kier molecular flexibility index (Phi) is 6.71. The third-order valence-electron chi connectivity index (χ3n) is 5.88. The van der Waals surface area contributed by atoms with Gasteiger partial charge in [0.1, 0.15) is 5.75 Å². The first-order chi connectivity index (χ1) is 14.8. The predicted molar refractivity (Wildman–Crippen MR) is 116 cm³/mol. The molecule has 7 nitrogen and oxygen atoms in total. The van der Waals surface area contributed by atoms with Crippen molar-refractivity contribution < 1.29 is 4.74 Å². The van der Waals surface area contributed by atoms with Gasteiger partial charge in [-0.2, -0.15) is 0 Å². The first kappa shape index (κ1) is 20.5. The quantitative estimate of drug-likeness (QED) is 0.595. The third-order valence-corrected chi connectivity index (χ3v) is 5.88. The van der Waals surface area contributed by atoms with Crippen molar-refractivity contribution in [3.8, 4) is 5.75 Å². The Morgan fingerprint density at radius 3 is 2.60 bits per heavy atom. The van der Waals surface area contributed by atoms with Gasteiger partial charge in [-0.05, 0) is 52.1 Å². The summed E-state index contributed by atoms with van der Waals surface area (Å²) in [6.45, 7) is 1.23. The average Bonchev–Trinajstić information content (AvgIpc) is 3.30. The molecule has 0 bridgehead atoms. The molecular weight excluding hydrogens is 376 g/mol. The zero-order valence-electron chi connectivity index (χ0n) is 17.5. The van der Waals surface area contributed by atoms with Crippen LogP contribution >= 0.6 is 0 Å². The van der Waals surface area contributed by atoms with Gasteiger partial charge < -0.3 is 10.5 Å². The molecule has 1 saturated carbocycles. The Balaban J connectivity index is 1.62. The zero-order valence-corrected chi connectivity index (χ0v) is 17.5. The summed E-state index contributed by atoms with van der Waals surface area (Å²) in [5.41, 5.74) is 9.23. The molecule has 1 unspecified atom stereocenters. The number of benzene rings is 2. The van der Waals surface area contributed by atoms with E-state index < -0.39 is 0 Å². The summed E-state index contributed by atoms with van der Waals surface area (Å²) >= 11 is 0. The van der Waals surface area contributed by atoms with E-state index in [2.05, 4.69) is 45.1 Å². The van der Waals surface area contributed by atoms with E-state index in [1.54, 1.807) is 7.11 Å². The van der Waals surface area contributed by atoms with Crippen LogP contribution in [0.3, 0.4) is 0 Å². The number of nitrogens with one attached hydrogen (secondary N) is 1. The topological polar surface area (TPSA) is 90.9 Å². The number of hydrogen-bond acceptors (Lipinski definition) is 6. The summed E-state index contributed by atoms with van der Waals surface area (Å²) in [6.07, 6.45) is 6.02. The maximum Gasteiger partial charge on any atom is 0.173 e. The van der Waals surface area contributed by atoms with Crippen molar-refractivity contribution >= 4 is 0 Å². The number of aromatic nitrogens is 4. The van der Waals surface area contributed by atoms with E-state index in [0.717, 1.165) is 35.5 Å². The van der Waals surface area contributed by atoms with E-state index in [9.17, 15) is 0 Å². The van der Waals surface area contributed by atoms with Crippen LogP contribution < -0.4 is 15.8 Å². The normalized spacial score (nSPS) is 15.8. The molecule has 1 aliphatic carbocycles. The molecule has 0 radical (unpaired) electrons. The Morgan fingerprint density at radius 1 is 1.10 bits per heavy atom. The smallest absolute Gasteiger partial charge is 0.173 e. The molecule has 2 aromatic carbocycles. The molecule has 3 N–H and O–H groups in total. The molecule has 158 valence electrons. The number of hydrogen-bond donors (Lipinski definition) is 2. The molecule has 1 atom stereocenters. The fourth-order valence-electron chi connectivity index (χ4n) is 4.22. The van der Waals surface area contributed by atoms with Crippen LogP contribution in [0.5, 0.6) is 5.75 Å². The molecule has 3 aromatic rings. The molecule has 0 amide bonds. The molecular formula is C23H30N6O. The minimum absolute atomic E-state index is 0.116. The molecule has 4 rings (SSSR count). The summed E-state index contributed by atoms with van der Waals surface area (Å²) in [6, 6.07) is 16.7. The number of ether oxygens (including phenoxy) is 1. The highest BCUT2D eigenvalue weighted by molar-refractivity contribution is 5.32. The molecule has 0 saturated heterocycles. The van der Waals surface area contributed by atoms with Gasteiger partial charge in [0.2, 0.25) is 0 Å². The fraction of sp³-hybridized carbons (Fsp3) is 0.435. The summed E-state index contributed by atoms with van der Waals surface area (Å²) < 4.78 is 7.37. The number of rotatable bonds is 8. The third kappa shape index (κ3) is 4.68. The van der Waals surface area contributed by atoms with Crippen LogP contribution in [0.1, 0.15) is 66.7 Å². The number of methoxy groups -OCH3 is 1. The second kappa shape index (κ2) is 9.82. The van der Waals surface area contributed by atoms with Gasteiger partial charge in [0.15, 0.2) is 5.82 Å². The highest BCUT2D eigenvalue weighted by Gasteiger charge is 2.26. The van der Waals surface area contributed by atoms with Crippen molar-refractivity contribution in [3.05, 3.63) is 71.0 Å². The summed E-state index contributed by atoms with van der Waals surface area (Å²) in [4.78, 5) is 0. The zero-order chi connectivity index (χ0) is 20.8. The molecule has 7 heteroatoms. The van der Waals surface area contributed by atoms with E-state index in [1.165, 1.54) is 24.8 Å². The fourth-order valence-corrected chi connectivity index (χ4v) is 4.22. The van der Waals surface area contributed by atoms with Crippen LogP contribution in [-0.2, 0) is 13.1 Å². The summed E-state index contributed by atoms with van der Waals surface area (Å²) in [5.74, 6) is 1.70. The number of tetrazole rings is 1. The van der Waals surface area contributed by atoms with Gasteiger partial charge >= 0.3 is 0 Å². The summed E-state index contributed by atoms with van der Waals surface area (Å²) in [7, 11) is 1.68. The van der Waals surface area contributed by atoms with E-state index in [-0.39, 0.29) is 6.04 Å². The van der Waals surface area contributed by atoms with Gasteiger partial charge in [-0.3, -0.25) is 5.32 Å². The molecule has 1 fully saturated rings. The van der Waals surface area contributed by atoms with Crippen LogP contribution in [0.4, 0.5) is 0 Å². The van der Waals surface area contributed by atoms with E-state index in [0.29, 0.717) is 19.1 Å². The van der Waals surface area contributed by atoms with Crippen molar-refractivity contribution in [2.45, 2.75) is 57.3 Å². The van der Waals surface area contributed by atoms with Crippen LogP contribution in [-0.4, -0.2) is 27.3 Å². The monoisotopic (exact) mass is 406 g/mol. The Morgan fingerprint density at radius 2 is 1.87 bits per heavy atom. The van der Waals surface area contributed by atoms with Gasteiger partial charge in [-0.15, -0.1) is 5.10 Å². The first-order valence-electron chi connectivity index (χ1n) is 10.7. The lowest BCUT2D eigenvalue weighted by Gasteiger charge is -2.25. The second-order valence-corrected chi connectivity index (χ2v) is 7.88. The van der Waals surface area contributed by atoms with E-state index in [4.69, 9.17) is 10.5 Å². The van der Waals surface area contributed by atoms with Crippen molar-refractivity contribution in [3.63, 3.8) is 0 Å². The standard InChI is InChI=1S/C23H30N6O/c1-30-21-12-10-19(11-13-21)22(25-16-18-7-5-6-17(14-18)15-24)23-26-27-28-29(23)20-8-3-2-4-9-20/h5-7,10-14,20,22,25H,2-4,8-9,15-16,24H2,1H3. The largest absolute Gasteiger partial charge is 0.497 e. The molecule has 1 aliphatic rings. The second-order valence-electron chi connectivity index (χ2n) is 7.88. The number of nitrogens with two attached hydrogens (primary N) is 1. The predicted octanol–water partition coefficient (Wildman–Crippen LogP) is 3.52. The van der Waals surface area contributed by atoms with E-state index in [1.807, 2.05) is 28.9 Å². The van der Waals surface area contributed by atoms with Crippen molar-refractivity contribution in [1.82, 2.24) is 25.5 Å². The first-order valence-corrected chi connectivity index (χ1v) is 10.7. The molecule has 30 heavy (non-hydrogen) atoms. The van der Waals surface area contributed by atoms with E-state index >= 15 is 0 Å². The van der Waals surface area contributed by atoms with Crippen molar-refractivity contribution in [2.24, 2.45) is 5.73 Å². The Hall–Kier alpha value is -2.77. The van der Waals surface area contributed by atoms with Crippen LogP contribution in [0.15, 0.2) is 48.5 Å². The van der Waals surface area contributed by atoms with Gasteiger partial charge in [-0.25, -0.2) is 4.68 Å². The minimum Gasteiger partial charge on any atom is -0.497 e. The lowest BCUT2D eigenvalue weighted by Crippen LogP contribution is -2.28. The van der Waals surface area contributed by atoms with Crippen molar-refractivity contribution in [2.75, 3.05) is 7.11 Å². The molecule has 0 spiro atoms. The van der Waals surface area contributed by atoms with Gasteiger partial charge in [-0.1, -0.05) is 55.7 Å². The van der Waals surface area contributed by atoms with Crippen molar-refractivity contribution in [1.29, 1.82) is 0 Å². The van der Waals surface area contributed by atoms with Gasteiger partial charge in [0.05, 0.1) is 19.2 Å². The van der Waals surface area contributed by atoms with Crippen LogP contribution in [0, 0.1) is 0 Å². The highest BCUT2D eigenvalue weighted by atomic mass is 16.5. The molecule has 1 heterocycles. The summed E-state index contributed by atoms with van der Waals surface area (Å²) in [5, 5.41) is 16.5. The van der Waals surface area contributed by atoms with Crippen LogP contribution in [0.25, 0.3) is 0 Å². The molecule has 0 aliphatic heterocycles. The SMILES string of the molecule is COc1ccc(C(NCc2cccc(CN)c2)c2nnnn2C2CCCCC2)cc1.